The number of hydrazone groups is 4. The zero-order chi connectivity index (χ0) is 30.2. The summed E-state index contributed by atoms with van der Waals surface area (Å²) >= 11 is 0. The number of carbonyl (C=O) groups excluding carboxylic acids is 2. The number of benzene rings is 4. The van der Waals surface area contributed by atoms with Crippen molar-refractivity contribution in [1.82, 2.24) is 21.7 Å². The van der Waals surface area contributed by atoms with Gasteiger partial charge < -0.3 is 0 Å². The van der Waals surface area contributed by atoms with Crippen LogP contribution < -0.4 is 21.7 Å². The Hall–Kier alpha value is -5.90. The highest BCUT2D eigenvalue weighted by Gasteiger charge is 2.42. The molecule has 218 valence electrons. The van der Waals surface area contributed by atoms with Gasteiger partial charge in [-0.2, -0.15) is 20.4 Å². The molecule has 0 spiro atoms. The lowest BCUT2D eigenvalue weighted by Gasteiger charge is -2.30. The minimum atomic E-state index is -0.666. The van der Waals surface area contributed by atoms with Gasteiger partial charge in [-0.1, -0.05) is 121 Å². The van der Waals surface area contributed by atoms with E-state index in [1.165, 1.54) is 12.4 Å². The predicted octanol–water partition coefficient (Wildman–Crippen LogP) is 3.78. The van der Waals surface area contributed by atoms with Crippen molar-refractivity contribution in [2.75, 3.05) is 0 Å². The van der Waals surface area contributed by atoms with Crippen molar-refractivity contribution in [3.63, 3.8) is 0 Å². The Morgan fingerprint density at radius 2 is 0.841 bits per heavy atom. The molecule has 2 amide bonds. The second kappa shape index (κ2) is 12.5. The van der Waals surface area contributed by atoms with Crippen molar-refractivity contribution in [3.05, 3.63) is 144 Å². The minimum absolute atomic E-state index is 0.312. The van der Waals surface area contributed by atoms with E-state index in [2.05, 4.69) is 42.1 Å². The SMILES string of the molecule is O=C(N/N=C/C=N/NC(=O)C1=NNC(c2ccccc2)(c2ccccc2)C1)C1=NNC(c2ccccc2)(c2ccccc2)C1. The predicted molar refractivity (Wildman–Crippen MR) is 171 cm³/mol. The maximum atomic E-state index is 12.9. The highest BCUT2D eigenvalue weighted by molar-refractivity contribution is 6.40. The van der Waals surface area contributed by atoms with Crippen LogP contribution in [0.25, 0.3) is 0 Å². The molecule has 0 unspecified atom stereocenters. The number of hydrogen-bond acceptors (Lipinski definition) is 8. The number of rotatable bonds is 9. The average molecular weight is 583 g/mol. The van der Waals surface area contributed by atoms with E-state index in [1.54, 1.807) is 0 Å². The maximum Gasteiger partial charge on any atom is 0.287 e. The number of carbonyl (C=O) groups is 2. The summed E-state index contributed by atoms with van der Waals surface area (Å²) in [5.74, 6) is -0.881. The molecule has 0 fully saturated rings. The third-order valence-corrected chi connectivity index (χ3v) is 7.77. The van der Waals surface area contributed by atoms with Crippen LogP contribution in [0.5, 0.6) is 0 Å². The van der Waals surface area contributed by atoms with Crippen LogP contribution in [0.4, 0.5) is 0 Å². The van der Waals surface area contributed by atoms with Gasteiger partial charge in [-0.15, -0.1) is 0 Å². The molecular formula is C34H30N8O2. The van der Waals surface area contributed by atoms with Crippen LogP contribution in [0.2, 0.25) is 0 Å². The average Bonchev–Trinajstić information content (AvgIpc) is 3.76. The Labute approximate surface area is 254 Å². The first-order valence-electron chi connectivity index (χ1n) is 14.2. The smallest absolute Gasteiger partial charge is 0.287 e. The quantitative estimate of drug-likeness (QED) is 0.177. The van der Waals surface area contributed by atoms with E-state index in [0.29, 0.717) is 24.3 Å². The largest absolute Gasteiger partial charge is 0.294 e. The third kappa shape index (κ3) is 5.60. The van der Waals surface area contributed by atoms with Gasteiger partial charge in [0, 0.05) is 12.8 Å². The molecule has 0 atom stereocenters. The van der Waals surface area contributed by atoms with E-state index < -0.39 is 22.9 Å². The molecule has 4 aromatic carbocycles. The van der Waals surface area contributed by atoms with Crippen molar-refractivity contribution in [1.29, 1.82) is 0 Å². The van der Waals surface area contributed by atoms with E-state index >= 15 is 0 Å². The van der Waals surface area contributed by atoms with Gasteiger partial charge in [0.05, 0.1) is 12.4 Å². The molecule has 2 aliphatic rings. The van der Waals surface area contributed by atoms with E-state index in [4.69, 9.17) is 0 Å². The number of nitrogens with zero attached hydrogens (tertiary/aromatic N) is 4. The highest BCUT2D eigenvalue weighted by atomic mass is 16.2. The van der Waals surface area contributed by atoms with Gasteiger partial charge in [0.1, 0.15) is 22.5 Å². The van der Waals surface area contributed by atoms with Crippen LogP contribution in [0.1, 0.15) is 35.1 Å². The van der Waals surface area contributed by atoms with Gasteiger partial charge >= 0.3 is 0 Å². The summed E-state index contributed by atoms with van der Waals surface area (Å²) in [6.45, 7) is 0. The summed E-state index contributed by atoms with van der Waals surface area (Å²) in [6, 6.07) is 39.5. The van der Waals surface area contributed by atoms with Crippen LogP contribution in [0.15, 0.2) is 142 Å². The summed E-state index contributed by atoms with van der Waals surface area (Å²) < 4.78 is 0. The van der Waals surface area contributed by atoms with E-state index in [0.717, 1.165) is 22.3 Å². The van der Waals surface area contributed by atoms with Crippen molar-refractivity contribution in [3.8, 4) is 0 Å². The topological polar surface area (TPSA) is 132 Å². The Kier molecular flexibility index (Phi) is 8.04. The second-order valence-corrected chi connectivity index (χ2v) is 10.4. The number of amides is 2. The summed E-state index contributed by atoms with van der Waals surface area (Å²) in [6.07, 6.45) is 3.23. The molecule has 0 aromatic heterocycles. The monoisotopic (exact) mass is 582 g/mol. The van der Waals surface area contributed by atoms with Gasteiger partial charge in [0.2, 0.25) is 0 Å². The van der Waals surface area contributed by atoms with Crippen molar-refractivity contribution in [2.24, 2.45) is 20.4 Å². The first kappa shape index (κ1) is 28.2. The van der Waals surface area contributed by atoms with Gasteiger partial charge in [-0.25, -0.2) is 10.9 Å². The summed E-state index contributed by atoms with van der Waals surface area (Å²) in [5.41, 5.74) is 14.6. The highest BCUT2D eigenvalue weighted by Crippen LogP contribution is 2.37. The van der Waals surface area contributed by atoms with Crippen molar-refractivity contribution < 1.29 is 9.59 Å². The van der Waals surface area contributed by atoms with E-state index in [1.807, 2.05) is 121 Å². The minimum Gasteiger partial charge on any atom is -0.294 e. The summed E-state index contributed by atoms with van der Waals surface area (Å²) in [5, 5.41) is 16.6. The molecule has 2 heterocycles. The molecule has 0 saturated carbocycles. The van der Waals surface area contributed by atoms with Crippen LogP contribution in [0.3, 0.4) is 0 Å². The molecule has 10 heteroatoms. The Morgan fingerprint density at radius 1 is 0.545 bits per heavy atom. The fourth-order valence-corrected chi connectivity index (χ4v) is 5.53. The van der Waals surface area contributed by atoms with Crippen molar-refractivity contribution in [2.45, 2.75) is 23.9 Å². The standard InChI is InChI=1S/C34H30N8O2/c43-31(29-23-33(41-37-29,25-13-5-1-6-14-25)26-15-7-2-8-16-26)39-35-21-22-36-40-32(44)30-24-34(42-38-30,27-17-9-3-10-18-27)28-19-11-4-12-20-28/h1-22,41-42H,23-24H2,(H,39,43)(H,40,44)/b35-21+,36-22+. The first-order chi connectivity index (χ1) is 21.6. The Balaban J connectivity index is 1.04. The zero-order valence-electron chi connectivity index (χ0n) is 23.7. The lowest BCUT2D eigenvalue weighted by atomic mass is 9.80. The molecule has 44 heavy (non-hydrogen) atoms. The van der Waals surface area contributed by atoms with Crippen LogP contribution in [-0.4, -0.2) is 35.7 Å². The van der Waals surface area contributed by atoms with Gasteiger partial charge in [0.15, 0.2) is 0 Å². The Morgan fingerprint density at radius 3 is 1.14 bits per heavy atom. The molecule has 0 radical (unpaired) electrons. The number of hydrogen-bond donors (Lipinski definition) is 4. The second-order valence-electron chi connectivity index (χ2n) is 10.4. The molecule has 0 bridgehead atoms. The molecular weight excluding hydrogens is 552 g/mol. The fraction of sp³-hybridized carbons (Fsp3) is 0.118. The third-order valence-electron chi connectivity index (χ3n) is 7.77. The van der Waals surface area contributed by atoms with Gasteiger partial charge in [-0.3, -0.25) is 20.4 Å². The lowest BCUT2D eigenvalue weighted by Crippen LogP contribution is -2.38. The molecule has 4 aromatic rings. The van der Waals surface area contributed by atoms with Gasteiger partial charge in [0.25, 0.3) is 11.8 Å². The zero-order valence-corrected chi connectivity index (χ0v) is 23.7. The molecule has 0 saturated heterocycles. The molecule has 10 nitrogen and oxygen atoms in total. The van der Waals surface area contributed by atoms with Crippen molar-refractivity contribution >= 4 is 35.7 Å². The van der Waals surface area contributed by atoms with Crippen LogP contribution in [0, 0.1) is 0 Å². The first-order valence-corrected chi connectivity index (χ1v) is 14.2. The molecule has 6 rings (SSSR count). The summed E-state index contributed by atoms with van der Waals surface area (Å²) in [4.78, 5) is 25.7. The molecule has 4 N–H and O–H groups in total. The number of nitrogens with one attached hydrogen (secondary N) is 4. The van der Waals surface area contributed by atoms with Crippen LogP contribution in [-0.2, 0) is 20.7 Å². The van der Waals surface area contributed by atoms with E-state index in [9.17, 15) is 9.59 Å². The molecule has 0 aliphatic carbocycles. The van der Waals surface area contributed by atoms with Crippen LogP contribution >= 0.6 is 0 Å². The summed E-state index contributed by atoms with van der Waals surface area (Å²) in [7, 11) is 0. The fourth-order valence-electron chi connectivity index (χ4n) is 5.53. The Bertz CT molecular complexity index is 1530. The normalized spacial score (nSPS) is 16.5. The van der Waals surface area contributed by atoms with Gasteiger partial charge in [-0.05, 0) is 22.3 Å². The lowest BCUT2D eigenvalue weighted by molar-refractivity contribution is -0.115. The maximum absolute atomic E-state index is 12.9. The molecule has 2 aliphatic heterocycles. The van der Waals surface area contributed by atoms with E-state index in [-0.39, 0.29) is 0 Å².